The van der Waals surface area contributed by atoms with Crippen LogP contribution in [0, 0.1) is 5.92 Å². The minimum absolute atomic E-state index is 0.107. The smallest absolute Gasteiger partial charge is 0.410 e. The molecule has 180 valence electrons. The van der Waals surface area contributed by atoms with Gasteiger partial charge in [0.25, 0.3) is 0 Å². The van der Waals surface area contributed by atoms with Crippen LogP contribution in [-0.2, 0) is 19.6 Å². The van der Waals surface area contributed by atoms with E-state index in [1.165, 1.54) is 41.6 Å². The normalized spacial score (nSPS) is 20.2. The first-order valence-corrected chi connectivity index (χ1v) is 12.6. The third-order valence-electron chi connectivity index (χ3n) is 6.07. The number of hydrogen-bond donors (Lipinski definition) is 1. The molecule has 1 unspecified atom stereocenters. The van der Waals surface area contributed by atoms with Gasteiger partial charge in [0.2, 0.25) is 15.9 Å². The number of Topliss-reactive ketones (excluding diaryl/α,β-unsaturated/α-hetero) is 1. The standard InChI is InChI=1S/C23H31N3O6S/c1-3-15-32-23(29)25-12-4-5-20(16-25)24-22(28)19-10-13-26(14-11-19)33(30,31)21-8-6-18(7-9-21)17(2)27/h3,6-9,19-20H,1,4-5,10-16H2,2H3,(H,24,28). The molecule has 2 amide bonds. The fraction of sp³-hybridized carbons (Fsp3) is 0.522. The van der Waals surface area contributed by atoms with Gasteiger partial charge in [0.1, 0.15) is 6.61 Å². The number of ether oxygens (including phenoxy) is 1. The Labute approximate surface area is 194 Å². The van der Waals surface area contributed by atoms with E-state index in [0.29, 0.717) is 31.5 Å². The van der Waals surface area contributed by atoms with Gasteiger partial charge in [-0.2, -0.15) is 4.31 Å². The minimum Gasteiger partial charge on any atom is -0.445 e. The lowest BCUT2D eigenvalue weighted by atomic mass is 9.96. The summed E-state index contributed by atoms with van der Waals surface area (Å²) in [4.78, 5) is 38.0. The first kappa shape index (κ1) is 24.9. The zero-order chi connectivity index (χ0) is 24.0. The Balaban J connectivity index is 1.51. The average molecular weight is 478 g/mol. The van der Waals surface area contributed by atoms with E-state index in [-0.39, 0.29) is 48.2 Å². The maximum absolute atomic E-state index is 12.9. The van der Waals surface area contributed by atoms with Gasteiger partial charge in [0.05, 0.1) is 4.90 Å². The van der Waals surface area contributed by atoms with Crippen LogP contribution in [-0.4, -0.2) is 74.2 Å². The monoisotopic (exact) mass is 477 g/mol. The first-order valence-electron chi connectivity index (χ1n) is 11.2. The summed E-state index contributed by atoms with van der Waals surface area (Å²) in [5.74, 6) is -0.510. The number of carbonyl (C=O) groups excluding carboxylic acids is 3. The molecule has 33 heavy (non-hydrogen) atoms. The van der Waals surface area contributed by atoms with Crippen molar-refractivity contribution in [2.45, 2.75) is 43.5 Å². The summed E-state index contributed by atoms with van der Waals surface area (Å²) in [7, 11) is -3.68. The van der Waals surface area contributed by atoms with E-state index in [4.69, 9.17) is 4.74 Å². The highest BCUT2D eigenvalue weighted by Crippen LogP contribution is 2.25. The van der Waals surface area contributed by atoms with E-state index in [1.54, 1.807) is 4.90 Å². The van der Waals surface area contributed by atoms with Crippen LogP contribution in [0.4, 0.5) is 4.79 Å². The maximum Gasteiger partial charge on any atom is 0.410 e. The van der Waals surface area contributed by atoms with Crippen molar-refractivity contribution in [3.63, 3.8) is 0 Å². The van der Waals surface area contributed by atoms with Crippen LogP contribution in [0.1, 0.15) is 43.0 Å². The number of hydrogen-bond acceptors (Lipinski definition) is 6. The highest BCUT2D eigenvalue weighted by Gasteiger charge is 2.33. The fourth-order valence-electron chi connectivity index (χ4n) is 4.17. The minimum atomic E-state index is -3.68. The largest absolute Gasteiger partial charge is 0.445 e. The van der Waals surface area contributed by atoms with Gasteiger partial charge in [-0.3, -0.25) is 9.59 Å². The number of nitrogens with one attached hydrogen (secondary N) is 1. The fourth-order valence-corrected chi connectivity index (χ4v) is 5.64. The Kier molecular flexibility index (Phi) is 8.25. The molecular formula is C23H31N3O6S. The van der Waals surface area contributed by atoms with Gasteiger partial charge in [-0.05, 0) is 44.7 Å². The summed E-state index contributed by atoms with van der Waals surface area (Å²) in [6.45, 7) is 6.58. The van der Waals surface area contributed by atoms with Crippen LogP contribution in [0.3, 0.4) is 0 Å². The second-order valence-electron chi connectivity index (χ2n) is 8.42. The molecule has 9 nitrogen and oxygen atoms in total. The second kappa shape index (κ2) is 10.9. The Morgan fingerprint density at radius 1 is 1.12 bits per heavy atom. The molecule has 0 radical (unpaired) electrons. The number of carbonyl (C=O) groups is 3. The van der Waals surface area contributed by atoms with Crippen molar-refractivity contribution in [3.8, 4) is 0 Å². The van der Waals surface area contributed by atoms with Crippen LogP contribution in [0.15, 0.2) is 41.8 Å². The van der Waals surface area contributed by atoms with Crippen molar-refractivity contribution >= 4 is 27.8 Å². The van der Waals surface area contributed by atoms with Crippen LogP contribution in [0.25, 0.3) is 0 Å². The van der Waals surface area contributed by atoms with Crippen molar-refractivity contribution in [3.05, 3.63) is 42.5 Å². The molecule has 2 saturated heterocycles. The van der Waals surface area contributed by atoms with Gasteiger partial charge in [-0.15, -0.1) is 0 Å². The maximum atomic E-state index is 12.9. The quantitative estimate of drug-likeness (QED) is 0.476. The molecule has 1 aromatic rings. The second-order valence-corrected chi connectivity index (χ2v) is 10.4. The summed E-state index contributed by atoms with van der Waals surface area (Å²) >= 11 is 0. The first-order chi connectivity index (χ1) is 15.7. The number of ketones is 1. The molecule has 2 heterocycles. The highest BCUT2D eigenvalue weighted by atomic mass is 32.2. The van der Waals surface area contributed by atoms with Gasteiger partial charge in [0.15, 0.2) is 5.78 Å². The van der Waals surface area contributed by atoms with Crippen LogP contribution in [0.5, 0.6) is 0 Å². The Bertz CT molecular complexity index is 984. The molecule has 0 saturated carbocycles. The van der Waals surface area contributed by atoms with Crippen molar-refractivity contribution in [1.29, 1.82) is 0 Å². The highest BCUT2D eigenvalue weighted by molar-refractivity contribution is 7.89. The zero-order valence-electron chi connectivity index (χ0n) is 18.9. The SMILES string of the molecule is C=CCOC(=O)N1CCCC(NC(=O)C2CCN(S(=O)(=O)c3ccc(C(C)=O)cc3)CC2)C1. The lowest BCUT2D eigenvalue weighted by Gasteiger charge is -2.35. The van der Waals surface area contributed by atoms with Gasteiger partial charge < -0.3 is 15.0 Å². The molecule has 2 fully saturated rings. The van der Waals surface area contributed by atoms with Crippen LogP contribution in [0.2, 0.25) is 0 Å². The Morgan fingerprint density at radius 3 is 2.39 bits per heavy atom. The zero-order valence-corrected chi connectivity index (χ0v) is 19.7. The predicted octanol–water partition coefficient (Wildman–Crippen LogP) is 2.19. The van der Waals surface area contributed by atoms with Crippen molar-refractivity contribution in [2.24, 2.45) is 5.92 Å². The van der Waals surface area contributed by atoms with Crippen molar-refractivity contribution in [2.75, 3.05) is 32.8 Å². The number of sulfonamides is 1. The Morgan fingerprint density at radius 2 is 1.79 bits per heavy atom. The lowest BCUT2D eigenvalue weighted by Crippen LogP contribution is -2.52. The molecule has 0 aliphatic carbocycles. The number of rotatable bonds is 7. The number of amides is 2. The number of benzene rings is 1. The van der Waals surface area contributed by atoms with E-state index < -0.39 is 16.1 Å². The summed E-state index contributed by atoms with van der Waals surface area (Å²) in [5, 5.41) is 3.02. The van der Waals surface area contributed by atoms with Crippen LogP contribution >= 0.6 is 0 Å². The van der Waals surface area contributed by atoms with Gasteiger partial charge in [-0.1, -0.05) is 24.8 Å². The van der Waals surface area contributed by atoms with E-state index >= 15 is 0 Å². The summed E-state index contributed by atoms with van der Waals surface area (Å²) < 4.78 is 32.3. The van der Waals surface area contributed by atoms with Gasteiger partial charge in [0, 0.05) is 43.7 Å². The molecule has 1 N–H and O–H groups in total. The van der Waals surface area contributed by atoms with E-state index in [9.17, 15) is 22.8 Å². The number of likely N-dealkylation sites (tertiary alicyclic amines) is 1. The van der Waals surface area contributed by atoms with E-state index in [2.05, 4.69) is 11.9 Å². The molecule has 2 aliphatic heterocycles. The molecule has 1 atom stereocenters. The molecule has 0 spiro atoms. The molecule has 0 bridgehead atoms. The number of nitrogens with zero attached hydrogens (tertiary/aromatic N) is 2. The van der Waals surface area contributed by atoms with Gasteiger partial charge in [-0.25, -0.2) is 13.2 Å². The molecule has 2 aliphatic rings. The van der Waals surface area contributed by atoms with Crippen molar-refractivity contribution < 1.29 is 27.5 Å². The molecule has 0 aromatic heterocycles. The third-order valence-corrected chi connectivity index (χ3v) is 7.99. The van der Waals surface area contributed by atoms with E-state index in [1.807, 2.05) is 0 Å². The lowest BCUT2D eigenvalue weighted by molar-refractivity contribution is -0.127. The van der Waals surface area contributed by atoms with Gasteiger partial charge >= 0.3 is 6.09 Å². The molecule has 10 heteroatoms. The third kappa shape index (κ3) is 6.20. The average Bonchev–Trinajstić information content (AvgIpc) is 2.82. The molecule has 3 rings (SSSR count). The van der Waals surface area contributed by atoms with Crippen LogP contribution < -0.4 is 5.32 Å². The van der Waals surface area contributed by atoms with Crippen molar-refractivity contribution in [1.82, 2.24) is 14.5 Å². The predicted molar refractivity (Wildman–Crippen MR) is 122 cm³/mol. The number of piperidine rings is 2. The molecule has 1 aromatic carbocycles. The topological polar surface area (TPSA) is 113 Å². The Hall–Kier alpha value is -2.72. The van der Waals surface area contributed by atoms with E-state index in [0.717, 1.165) is 12.8 Å². The summed E-state index contributed by atoms with van der Waals surface area (Å²) in [6.07, 6.45) is 3.49. The molecular weight excluding hydrogens is 446 g/mol. The summed E-state index contributed by atoms with van der Waals surface area (Å²) in [6, 6.07) is 5.76. The summed E-state index contributed by atoms with van der Waals surface area (Å²) in [5.41, 5.74) is 0.458.